The van der Waals surface area contributed by atoms with E-state index in [1.807, 2.05) is 18.4 Å². The molecule has 0 unspecified atom stereocenters. The molecular formula is C14H14N2O2S. The Labute approximate surface area is 115 Å². The summed E-state index contributed by atoms with van der Waals surface area (Å²) in [4.78, 5) is 12.9. The van der Waals surface area contributed by atoms with E-state index in [0.29, 0.717) is 18.8 Å². The van der Waals surface area contributed by atoms with Crippen molar-refractivity contribution in [3.8, 4) is 11.8 Å². The van der Waals surface area contributed by atoms with Crippen molar-refractivity contribution in [2.75, 3.05) is 6.54 Å². The maximum Gasteiger partial charge on any atom is 0.287 e. The van der Waals surface area contributed by atoms with Gasteiger partial charge in [0.2, 0.25) is 0 Å². The predicted molar refractivity (Wildman–Crippen MR) is 74.9 cm³/mol. The van der Waals surface area contributed by atoms with E-state index < -0.39 is 0 Å². The second kappa shape index (κ2) is 6.23. The van der Waals surface area contributed by atoms with Crippen LogP contribution in [0.15, 0.2) is 28.2 Å². The van der Waals surface area contributed by atoms with E-state index in [2.05, 4.69) is 17.2 Å². The van der Waals surface area contributed by atoms with Gasteiger partial charge in [0.05, 0.1) is 19.4 Å². The van der Waals surface area contributed by atoms with Crippen molar-refractivity contribution in [3.05, 3.63) is 45.5 Å². The lowest BCUT2D eigenvalue weighted by molar-refractivity contribution is 0.0922. The summed E-state index contributed by atoms with van der Waals surface area (Å²) >= 11 is 1.55. The summed E-state index contributed by atoms with van der Waals surface area (Å²) in [5.74, 6) is 5.93. The van der Waals surface area contributed by atoms with Gasteiger partial charge in [0.1, 0.15) is 0 Å². The molecule has 5 heteroatoms. The monoisotopic (exact) mass is 274 g/mol. The van der Waals surface area contributed by atoms with Crippen LogP contribution in [0.2, 0.25) is 0 Å². The lowest BCUT2D eigenvalue weighted by Gasteiger charge is -2.02. The average Bonchev–Trinajstić information content (AvgIpc) is 3.02. The van der Waals surface area contributed by atoms with Gasteiger partial charge in [0.25, 0.3) is 5.91 Å². The van der Waals surface area contributed by atoms with Crippen LogP contribution >= 0.6 is 11.3 Å². The average molecular weight is 274 g/mol. The van der Waals surface area contributed by atoms with Crippen LogP contribution in [0.4, 0.5) is 0 Å². The molecule has 0 aliphatic heterocycles. The first kappa shape index (κ1) is 13.4. The number of nitrogens with one attached hydrogen (secondary N) is 1. The summed E-state index contributed by atoms with van der Waals surface area (Å²) < 4.78 is 5.14. The fraction of sp³-hybridized carbons (Fsp3) is 0.214. The first-order chi connectivity index (χ1) is 9.22. The highest BCUT2D eigenvalue weighted by Gasteiger charge is 2.12. The van der Waals surface area contributed by atoms with Gasteiger partial charge in [-0.05, 0) is 24.4 Å². The Morgan fingerprint density at radius 1 is 1.53 bits per heavy atom. The molecule has 0 bridgehead atoms. The van der Waals surface area contributed by atoms with Gasteiger partial charge in [-0.15, -0.1) is 11.3 Å². The van der Waals surface area contributed by atoms with E-state index in [-0.39, 0.29) is 5.91 Å². The number of hydrogen-bond donors (Lipinski definition) is 2. The summed E-state index contributed by atoms with van der Waals surface area (Å²) in [6.45, 7) is 2.60. The van der Waals surface area contributed by atoms with Gasteiger partial charge in [-0.1, -0.05) is 11.8 Å². The van der Waals surface area contributed by atoms with Gasteiger partial charge in [0.15, 0.2) is 5.76 Å². The summed E-state index contributed by atoms with van der Waals surface area (Å²) in [5, 5.41) is 4.77. The van der Waals surface area contributed by atoms with E-state index in [9.17, 15) is 4.79 Å². The van der Waals surface area contributed by atoms with E-state index in [4.69, 9.17) is 10.2 Å². The van der Waals surface area contributed by atoms with Crippen molar-refractivity contribution in [2.24, 2.45) is 5.73 Å². The Hall–Kier alpha value is -2.03. The lowest BCUT2D eigenvalue weighted by Crippen LogP contribution is -2.22. The second-order valence-corrected chi connectivity index (χ2v) is 4.88. The third kappa shape index (κ3) is 3.25. The molecule has 19 heavy (non-hydrogen) atoms. The molecule has 0 fully saturated rings. The quantitative estimate of drug-likeness (QED) is 0.840. The largest absolute Gasteiger partial charge is 0.459 e. The third-order valence-electron chi connectivity index (χ3n) is 2.55. The van der Waals surface area contributed by atoms with Crippen LogP contribution in [-0.4, -0.2) is 12.5 Å². The van der Waals surface area contributed by atoms with E-state index in [1.54, 1.807) is 17.4 Å². The molecule has 2 aromatic heterocycles. The number of rotatable bonds is 3. The smallest absolute Gasteiger partial charge is 0.287 e. The molecule has 3 N–H and O–H groups in total. The van der Waals surface area contributed by atoms with Crippen LogP contribution in [0.1, 0.15) is 26.6 Å². The predicted octanol–water partition coefficient (Wildman–Crippen LogP) is 1.89. The summed E-state index contributed by atoms with van der Waals surface area (Å²) in [6.07, 6.45) is 1.51. The number of furan rings is 1. The van der Waals surface area contributed by atoms with Crippen LogP contribution in [0.5, 0.6) is 0 Å². The Kier molecular flexibility index (Phi) is 4.39. The van der Waals surface area contributed by atoms with Crippen molar-refractivity contribution in [2.45, 2.75) is 13.5 Å². The molecule has 2 aromatic rings. The number of nitrogens with two attached hydrogens (primary N) is 1. The highest BCUT2D eigenvalue weighted by molar-refractivity contribution is 7.10. The molecule has 0 aliphatic rings. The zero-order valence-corrected chi connectivity index (χ0v) is 11.3. The standard InChI is InChI=1S/C14H14N2O2S/c1-10-4-7-18-13(10)14(17)16-9-12-11(3-2-6-15)5-8-19-12/h4-5,7-8H,6,9,15H2,1H3,(H,16,17). The van der Waals surface area contributed by atoms with Gasteiger partial charge >= 0.3 is 0 Å². The first-order valence-electron chi connectivity index (χ1n) is 5.80. The SMILES string of the molecule is Cc1ccoc1C(=O)NCc1sccc1C#CCN. The van der Waals surface area contributed by atoms with E-state index in [1.165, 1.54) is 6.26 Å². The van der Waals surface area contributed by atoms with Crippen LogP contribution in [0.3, 0.4) is 0 Å². The van der Waals surface area contributed by atoms with Crippen LogP contribution < -0.4 is 11.1 Å². The Balaban J connectivity index is 2.02. The topological polar surface area (TPSA) is 68.3 Å². The number of thiophene rings is 1. The van der Waals surface area contributed by atoms with Gasteiger partial charge in [-0.25, -0.2) is 0 Å². The van der Waals surface area contributed by atoms with Crippen molar-refractivity contribution in [3.63, 3.8) is 0 Å². The third-order valence-corrected chi connectivity index (χ3v) is 3.47. The van der Waals surface area contributed by atoms with Crippen molar-refractivity contribution < 1.29 is 9.21 Å². The zero-order valence-electron chi connectivity index (χ0n) is 10.5. The number of amides is 1. The van der Waals surface area contributed by atoms with E-state index in [0.717, 1.165) is 16.0 Å². The lowest BCUT2D eigenvalue weighted by atomic mass is 10.2. The highest BCUT2D eigenvalue weighted by atomic mass is 32.1. The fourth-order valence-electron chi connectivity index (χ4n) is 1.58. The molecule has 0 atom stereocenters. The van der Waals surface area contributed by atoms with Crippen LogP contribution in [-0.2, 0) is 6.54 Å². The molecule has 98 valence electrons. The molecule has 2 heterocycles. The van der Waals surface area contributed by atoms with Crippen LogP contribution in [0, 0.1) is 18.8 Å². The molecule has 1 amide bonds. The molecule has 0 aromatic carbocycles. The van der Waals surface area contributed by atoms with E-state index >= 15 is 0 Å². The number of aryl methyl sites for hydroxylation is 1. The minimum Gasteiger partial charge on any atom is -0.459 e. The molecule has 2 rings (SSSR count). The van der Waals surface area contributed by atoms with Crippen molar-refractivity contribution in [1.82, 2.24) is 5.32 Å². The minimum atomic E-state index is -0.214. The van der Waals surface area contributed by atoms with Gasteiger partial charge in [-0.2, -0.15) is 0 Å². The maximum absolute atomic E-state index is 11.9. The molecule has 0 radical (unpaired) electrons. The van der Waals surface area contributed by atoms with Gasteiger partial charge in [0, 0.05) is 16.0 Å². The van der Waals surface area contributed by atoms with Gasteiger partial charge in [-0.3, -0.25) is 4.79 Å². The minimum absolute atomic E-state index is 0.214. The number of carbonyl (C=O) groups is 1. The van der Waals surface area contributed by atoms with Crippen molar-refractivity contribution in [1.29, 1.82) is 0 Å². The number of hydrogen-bond acceptors (Lipinski definition) is 4. The zero-order chi connectivity index (χ0) is 13.7. The Bertz CT molecular complexity index is 631. The summed E-state index contributed by atoms with van der Waals surface area (Å²) in [5.41, 5.74) is 7.08. The maximum atomic E-state index is 11.9. The molecule has 0 saturated heterocycles. The molecule has 0 spiro atoms. The summed E-state index contributed by atoms with van der Waals surface area (Å²) in [7, 11) is 0. The Morgan fingerprint density at radius 2 is 2.37 bits per heavy atom. The first-order valence-corrected chi connectivity index (χ1v) is 6.68. The molecule has 4 nitrogen and oxygen atoms in total. The van der Waals surface area contributed by atoms with Crippen molar-refractivity contribution >= 4 is 17.2 Å². The molecule has 0 saturated carbocycles. The second-order valence-electron chi connectivity index (χ2n) is 3.88. The Morgan fingerprint density at radius 3 is 3.05 bits per heavy atom. The highest BCUT2D eigenvalue weighted by Crippen LogP contribution is 2.16. The fourth-order valence-corrected chi connectivity index (χ4v) is 2.35. The molecule has 0 aliphatic carbocycles. The van der Waals surface area contributed by atoms with Gasteiger partial charge < -0.3 is 15.5 Å². The molecular weight excluding hydrogens is 260 g/mol. The van der Waals surface area contributed by atoms with Crippen LogP contribution in [0.25, 0.3) is 0 Å². The normalized spacial score (nSPS) is 9.79. The number of carbonyl (C=O) groups excluding carboxylic acids is 1. The summed E-state index contributed by atoms with van der Waals surface area (Å²) in [6, 6.07) is 3.69.